The van der Waals surface area contributed by atoms with Gasteiger partial charge < -0.3 is 4.74 Å². The highest BCUT2D eigenvalue weighted by molar-refractivity contribution is 6.35. The van der Waals surface area contributed by atoms with Crippen LogP contribution in [0.25, 0.3) is 0 Å². The van der Waals surface area contributed by atoms with Crippen LogP contribution in [-0.2, 0) is 4.74 Å². The third-order valence-corrected chi connectivity index (χ3v) is 9.60. The fourth-order valence-corrected chi connectivity index (χ4v) is 6.70. The molecule has 0 aromatic carbocycles. The number of rotatable bonds is 10. The molecule has 0 aromatic heterocycles. The first-order chi connectivity index (χ1) is 11.7. The molecule has 1 nitrogen and oxygen atoms in total. The molecule has 2 heteroatoms. The van der Waals surface area contributed by atoms with Crippen LogP contribution in [0, 0.1) is 17.3 Å². The normalized spacial score (nSPS) is 29.1. The van der Waals surface area contributed by atoms with Crippen LogP contribution in [0.2, 0.25) is 12.1 Å². The van der Waals surface area contributed by atoms with Gasteiger partial charge in [0.25, 0.3) is 0 Å². The molecule has 1 atom stereocenters. The Morgan fingerprint density at radius 1 is 1.00 bits per heavy atom. The summed E-state index contributed by atoms with van der Waals surface area (Å²) in [7, 11) is 2.06. The number of ether oxygens (including phenoxy) is 1. The molecule has 0 aromatic rings. The molecular weight excluding hydrogens is 308 g/mol. The molecule has 1 unspecified atom stereocenters. The monoisotopic (exact) mass is 352 g/mol. The minimum absolute atomic E-state index is 0.215. The molecule has 2 aliphatic carbocycles. The van der Waals surface area contributed by atoms with Gasteiger partial charge in [-0.3, -0.25) is 0 Å². The molecule has 0 N–H and O–H groups in total. The van der Waals surface area contributed by atoms with Crippen molar-refractivity contribution in [1.29, 1.82) is 0 Å². The highest BCUT2D eigenvalue weighted by atomic mass is 28.2. The molecular formula is C22H44OSi. The molecule has 0 saturated heterocycles. The van der Waals surface area contributed by atoms with Gasteiger partial charge in [0.1, 0.15) is 0 Å². The standard InChI is InChI=1S/C22H44OSi/c1-19(24-3)21-11-9-20(10-12-21)13-17-22(14-5-4-6-15-22)16-7-8-18-23-2/h19-21H,4-18,24H2,1-3H3. The topological polar surface area (TPSA) is 9.23 Å². The Morgan fingerprint density at radius 2 is 1.71 bits per heavy atom. The second kappa shape index (κ2) is 11.0. The summed E-state index contributed by atoms with van der Waals surface area (Å²) >= 11 is 0. The van der Waals surface area contributed by atoms with Gasteiger partial charge in [-0.15, -0.1) is 0 Å². The van der Waals surface area contributed by atoms with E-state index < -0.39 is 0 Å². The first-order valence-corrected chi connectivity index (χ1v) is 13.4. The Balaban J connectivity index is 1.74. The molecule has 2 fully saturated rings. The lowest BCUT2D eigenvalue weighted by Gasteiger charge is -2.40. The third kappa shape index (κ3) is 6.48. The van der Waals surface area contributed by atoms with Crippen LogP contribution in [0.3, 0.4) is 0 Å². The zero-order valence-corrected chi connectivity index (χ0v) is 18.4. The zero-order chi connectivity index (χ0) is 17.3. The van der Waals surface area contributed by atoms with Crippen LogP contribution in [0.1, 0.15) is 96.8 Å². The van der Waals surface area contributed by atoms with Crippen molar-refractivity contribution in [3.63, 3.8) is 0 Å². The van der Waals surface area contributed by atoms with Crippen LogP contribution in [0.4, 0.5) is 0 Å². The number of methoxy groups -OCH3 is 1. The second-order valence-electron chi connectivity index (χ2n) is 9.22. The lowest BCUT2D eigenvalue weighted by Crippen LogP contribution is -2.26. The van der Waals surface area contributed by atoms with E-state index in [1.807, 2.05) is 7.11 Å². The smallest absolute Gasteiger partial charge is 0.0462 e. The lowest BCUT2D eigenvalue weighted by atomic mass is 9.66. The molecule has 2 aliphatic rings. The molecule has 2 rings (SSSR count). The fourth-order valence-electron chi connectivity index (χ4n) is 5.56. The average Bonchev–Trinajstić information content (AvgIpc) is 2.64. The SMILES string of the molecule is COCCCCC1(CCC2CCC(C(C)[SiH2]C)CC2)CCCCC1. The average molecular weight is 353 g/mol. The molecule has 0 spiro atoms. The number of unbranched alkanes of at least 4 members (excludes halogenated alkanes) is 1. The summed E-state index contributed by atoms with van der Waals surface area (Å²) in [5.41, 5.74) is 1.81. The molecule has 0 aliphatic heterocycles. The van der Waals surface area contributed by atoms with Gasteiger partial charge in [-0.05, 0) is 55.8 Å². The quantitative estimate of drug-likeness (QED) is 0.328. The molecule has 0 heterocycles. The van der Waals surface area contributed by atoms with Crippen LogP contribution in [0.5, 0.6) is 0 Å². The summed E-state index contributed by atoms with van der Waals surface area (Å²) < 4.78 is 5.26. The highest BCUT2D eigenvalue weighted by Gasteiger charge is 2.33. The van der Waals surface area contributed by atoms with E-state index in [2.05, 4.69) is 13.5 Å². The second-order valence-corrected chi connectivity index (χ2v) is 11.3. The van der Waals surface area contributed by atoms with Gasteiger partial charge in [0.05, 0.1) is 0 Å². The van der Waals surface area contributed by atoms with E-state index in [1.165, 1.54) is 64.2 Å². The summed E-state index contributed by atoms with van der Waals surface area (Å²) in [5.74, 6) is 2.15. The van der Waals surface area contributed by atoms with Crippen LogP contribution in [-0.4, -0.2) is 23.2 Å². The van der Waals surface area contributed by atoms with Gasteiger partial charge in [0.2, 0.25) is 0 Å². The van der Waals surface area contributed by atoms with Crippen molar-refractivity contribution in [1.82, 2.24) is 0 Å². The Morgan fingerprint density at radius 3 is 2.33 bits per heavy atom. The van der Waals surface area contributed by atoms with Crippen LogP contribution < -0.4 is 0 Å². The first kappa shape index (κ1) is 20.5. The zero-order valence-electron chi connectivity index (χ0n) is 17.0. The van der Waals surface area contributed by atoms with E-state index in [0.717, 1.165) is 24.0 Å². The van der Waals surface area contributed by atoms with Gasteiger partial charge in [-0.1, -0.05) is 70.4 Å². The van der Waals surface area contributed by atoms with E-state index >= 15 is 0 Å². The summed E-state index contributed by atoms with van der Waals surface area (Å²) in [5, 5.41) is 0. The van der Waals surface area contributed by atoms with E-state index in [9.17, 15) is 0 Å². The van der Waals surface area contributed by atoms with E-state index in [1.54, 1.807) is 25.7 Å². The largest absolute Gasteiger partial charge is 0.385 e. The maximum atomic E-state index is 5.26. The van der Waals surface area contributed by atoms with Crippen molar-refractivity contribution < 1.29 is 4.74 Å². The summed E-state index contributed by atoms with van der Waals surface area (Å²) in [6.45, 7) is 6.00. The predicted molar refractivity (Wildman–Crippen MR) is 110 cm³/mol. The minimum Gasteiger partial charge on any atom is -0.385 e. The van der Waals surface area contributed by atoms with Gasteiger partial charge in [-0.2, -0.15) is 0 Å². The van der Waals surface area contributed by atoms with Crippen molar-refractivity contribution >= 4 is 9.52 Å². The lowest BCUT2D eigenvalue weighted by molar-refractivity contribution is 0.122. The van der Waals surface area contributed by atoms with Crippen molar-refractivity contribution in [2.45, 2.75) is 109 Å². The Kier molecular flexibility index (Phi) is 9.40. The van der Waals surface area contributed by atoms with Crippen LogP contribution in [0.15, 0.2) is 0 Å². The maximum Gasteiger partial charge on any atom is 0.0462 e. The molecule has 2 saturated carbocycles. The highest BCUT2D eigenvalue weighted by Crippen LogP contribution is 2.46. The summed E-state index contributed by atoms with van der Waals surface area (Å²) in [4.78, 5) is 0. The fraction of sp³-hybridized carbons (Fsp3) is 1.00. The van der Waals surface area contributed by atoms with Crippen molar-refractivity contribution in [3.05, 3.63) is 0 Å². The van der Waals surface area contributed by atoms with E-state index in [-0.39, 0.29) is 9.52 Å². The third-order valence-electron chi connectivity index (χ3n) is 7.64. The first-order valence-electron chi connectivity index (χ1n) is 11.2. The maximum absolute atomic E-state index is 5.26. The van der Waals surface area contributed by atoms with Crippen molar-refractivity contribution in [3.8, 4) is 0 Å². The molecule has 0 radical (unpaired) electrons. The minimum atomic E-state index is 0.215. The Bertz CT molecular complexity index is 316. The molecule has 24 heavy (non-hydrogen) atoms. The number of hydrogen-bond acceptors (Lipinski definition) is 1. The Labute approximate surface area is 154 Å². The Hall–Kier alpha value is 0.177. The number of hydrogen-bond donors (Lipinski definition) is 0. The van der Waals surface area contributed by atoms with Gasteiger partial charge >= 0.3 is 0 Å². The van der Waals surface area contributed by atoms with E-state index in [0.29, 0.717) is 5.41 Å². The van der Waals surface area contributed by atoms with Crippen LogP contribution >= 0.6 is 0 Å². The van der Waals surface area contributed by atoms with Gasteiger partial charge in [-0.25, -0.2) is 0 Å². The summed E-state index contributed by atoms with van der Waals surface area (Å²) in [6, 6.07) is 0. The van der Waals surface area contributed by atoms with E-state index in [4.69, 9.17) is 4.74 Å². The van der Waals surface area contributed by atoms with Crippen molar-refractivity contribution in [2.75, 3.05) is 13.7 Å². The predicted octanol–water partition coefficient (Wildman–Crippen LogP) is 6.37. The molecule has 142 valence electrons. The van der Waals surface area contributed by atoms with Crippen molar-refractivity contribution in [2.24, 2.45) is 17.3 Å². The van der Waals surface area contributed by atoms with Gasteiger partial charge in [0.15, 0.2) is 0 Å². The van der Waals surface area contributed by atoms with Gasteiger partial charge in [0, 0.05) is 23.2 Å². The summed E-state index contributed by atoms with van der Waals surface area (Å²) in [6.07, 6.45) is 20.9. The molecule has 0 amide bonds. The molecule has 0 bridgehead atoms.